The molecular formula is C47H37N. The summed E-state index contributed by atoms with van der Waals surface area (Å²) in [5.74, 6) is 0. The van der Waals surface area contributed by atoms with Gasteiger partial charge in [-0.3, -0.25) is 0 Å². The summed E-state index contributed by atoms with van der Waals surface area (Å²) in [5, 5.41) is 0. The van der Waals surface area contributed by atoms with Crippen molar-refractivity contribution in [1.29, 1.82) is 0 Å². The number of rotatable bonds is 3. The van der Waals surface area contributed by atoms with Gasteiger partial charge >= 0.3 is 0 Å². The second-order valence-corrected chi connectivity index (χ2v) is 13.6. The van der Waals surface area contributed by atoms with Crippen molar-refractivity contribution >= 4 is 17.1 Å². The molecule has 0 N–H and O–H groups in total. The molecule has 0 aliphatic heterocycles. The van der Waals surface area contributed by atoms with Crippen LogP contribution in [0.3, 0.4) is 0 Å². The van der Waals surface area contributed by atoms with Gasteiger partial charge in [-0.05, 0) is 85.5 Å². The zero-order valence-corrected chi connectivity index (χ0v) is 26.5. The van der Waals surface area contributed by atoms with Gasteiger partial charge in [0.05, 0.1) is 16.8 Å². The van der Waals surface area contributed by atoms with Gasteiger partial charge in [-0.15, -0.1) is 0 Å². The van der Waals surface area contributed by atoms with Crippen molar-refractivity contribution in [2.24, 2.45) is 0 Å². The van der Waals surface area contributed by atoms with E-state index in [4.69, 9.17) is 0 Å². The van der Waals surface area contributed by atoms with E-state index in [0.717, 1.165) is 5.69 Å². The van der Waals surface area contributed by atoms with E-state index in [2.05, 4.69) is 183 Å². The fourth-order valence-electron chi connectivity index (χ4n) is 9.30. The predicted octanol–water partition coefficient (Wildman–Crippen LogP) is 12.4. The molecule has 1 heteroatoms. The molecule has 3 aliphatic carbocycles. The van der Waals surface area contributed by atoms with E-state index in [0.29, 0.717) is 0 Å². The largest absolute Gasteiger partial charge is 0.310 e. The van der Waals surface area contributed by atoms with E-state index < -0.39 is 0 Å². The zero-order valence-electron chi connectivity index (χ0n) is 26.5. The van der Waals surface area contributed by atoms with Crippen LogP contribution in [-0.2, 0) is 10.8 Å². The number of anilines is 3. The fraction of sp³-hybridized carbons (Fsp3) is 0.106. The number of hydrogen-bond donors (Lipinski definition) is 0. The highest BCUT2D eigenvalue weighted by atomic mass is 15.1. The molecule has 48 heavy (non-hydrogen) atoms. The van der Waals surface area contributed by atoms with Gasteiger partial charge in [-0.2, -0.15) is 0 Å². The quantitative estimate of drug-likeness (QED) is 0.191. The molecule has 0 radical (unpaired) electrons. The molecule has 230 valence electrons. The summed E-state index contributed by atoms with van der Waals surface area (Å²) in [4.78, 5) is 2.54. The molecule has 0 unspecified atom stereocenters. The Morgan fingerprint density at radius 2 is 0.812 bits per heavy atom. The number of para-hydroxylation sites is 1. The molecular weight excluding hydrogens is 579 g/mol. The lowest BCUT2D eigenvalue weighted by Crippen LogP contribution is -2.26. The maximum atomic E-state index is 2.54. The first-order valence-electron chi connectivity index (χ1n) is 16.6. The van der Waals surface area contributed by atoms with Crippen LogP contribution in [0.5, 0.6) is 0 Å². The monoisotopic (exact) mass is 615 g/mol. The van der Waals surface area contributed by atoms with Crippen molar-refractivity contribution in [3.63, 3.8) is 0 Å². The van der Waals surface area contributed by atoms with Crippen LogP contribution in [0.15, 0.2) is 164 Å². The lowest BCUT2D eigenvalue weighted by molar-refractivity contribution is 0.661. The molecule has 3 aliphatic rings. The van der Waals surface area contributed by atoms with Gasteiger partial charge in [-0.1, -0.05) is 161 Å². The zero-order chi connectivity index (χ0) is 31.3. The number of nitrogens with zero attached hydrogens (tertiary/aromatic N) is 1. The van der Waals surface area contributed by atoms with Crippen LogP contribution >= 0.6 is 0 Å². The minimum Gasteiger partial charge on any atom is -0.310 e. The van der Waals surface area contributed by atoms with Gasteiger partial charge in [0.15, 0.2) is 0 Å². The summed E-state index contributed by atoms with van der Waals surface area (Å²) in [6.45, 7) is 4.77. The van der Waals surface area contributed by atoms with Crippen LogP contribution in [0.25, 0.3) is 33.4 Å². The number of fused-ring (bicyclic) bond motifs is 13. The fourth-order valence-corrected chi connectivity index (χ4v) is 9.30. The summed E-state index contributed by atoms with van der Waals surface area (Å²) in [6.07, 6.45) is 0. The summed E-state index contributed by atoms with van der Waals surface area (Å²) in [5.41, 5.74) is 19.2. The highest BCUT2D eigenvalue weighted by molar-refractivity contribution is 6.02. The Kier molecular flexibility index (Phi) is 6.05. The molecule has 0 bridgehead atoms. The molecule has 10 rings (SSSR count). The van der Waals surface area contributed by atoms with E-state index >= 15 is 0 Å². The molecule has 1 nitrogen and oxygen atoms in total. The second-order valence-electron chi connectivity index (χ2n) is 13.6. The van der Waals surface area contributed by atoms with Crippen LogP contribution in [0.2, 0.25) is 0 Å². The summed E-state index contributed by atoms with van der Waals surface area (Å²) < 4.78 is 0. The third-order valence-corrected chi connectivity index (χ3v) is 11.1. The average Bonchev–Trinajstić information content (AvgIpc) is 3.69. The van der Waals surface area contributed by atoms with E-state index in [1.54, 1.807) is 0 Å². The van der Waals surface area contributed by atoms with Crippen LogP contribution in [0.1, 0.15) is 54.7 Å². The number of hydrogen-bond acceptors (Lipinski definition) is 1. The first-order valence-corrected chi connectivity index (χ1v) is 16.6. The molecule has 7 aromatic rings. The maximum Gasteiger partial charge on any atom is 0.0726 e. The normalized spacial score (nSPS) is 14.6. The second kappa shape index (κ2) is 10.2. The Morgan fingerprint density at radius 3 is 1.46 bits per heavy atom. The van der Waals surface area contributed by atoms with Crippen LogP contribution < -0.4 is 4.90 Å². The molecule has 0 amide bonds. The molecule has 0 aromatic heterocycles. The van der Waals surface area contributed by atoms with E-state index in [1.807, 2.05) is 0 Å². The Bertz CT molecular complexity index is 2350. The van der Waals surface area contributed by atoms with Crippen LogP contribution in [0.4, 0.5) is 17.1 Å². The summed E-state index contributed by atoms with van der Waals surface area (Å²) in [6, 6.07) is 61.0. The third-order valence-electron chi connectivity index (χ3n) is 11.1. The van der Waals surface area contributed by atoms with E-state index in [9.17, 15) is 0 Å². The van der Waals surface area contributed by atoms with Gasteiger partial charge in [0.2, 0.25) is 0 Å². The van der Waals surface area contributed by atoms with Crippen LogP contribution in [0, 0.1) is 0 Å². The third kappa shape index (κ3) is 3.46. The molecule has 0 atom stereocenters. The highest BCUT2D eigenvalue weighted by Gasteiger charge is 2.52. The summed E-state index contributed by atoms with van der Waals surface area (Å²) in [7, 11) is 0. The Labute approximate surface area is 283 Å². The Hall–Kier alpha value is -5.66. The Morgan fingerprint density at radius 1 is 0.375 bits per heavy atom. The Balaban J connectivity index is 0.00000314. The first kappa shape index (κ1) is 28.6. The smallest absolute Gasteiger partial charge is 0.0726 e. The number of benzene rings is 7. The van der Waals surface area contributed by atoms with Gasteiger partial charge < -0.3 is 4.90 Å². The van der Waals surface area contributed by atoms with Crippen molar-refractivity contribution < 1.29 is 0 Å². The minimum absolute atomic E-state index is 0. The average molecular weight is 616 g/mol. The minimum atomic E-state index is -0.383. The van der Waals surface area contributed by atoms with Crippen LogP contribution in [-0.4, -0.2) is 0 Å². The molecule has 7 aromatic carbocycles. The highest BCUT2D eigenvalue weighted by Crippen LogP contribution is 2.65. The van der Waals surface area contributed by atoms with Crippen molar-refractivity contribution in [1.82, 2.24) is 0 Å². The standard InChI is InChI=1S/C46H33N.CH4/c1-45(2)36-23-10-6-20-33(36)34-22-14-29-42(44(34)45)47(30-16-4-3-5-17-30)41-28-15-27-40-43(41)35-21-9-13-26-39(35)46(40)37-24-11-7-18-31(37)32-19-8-12-25-38(32)46;/h3-29H,1-2H3;1H4. The molecule has 0 fully saturated rings. The van der Waals surface area contributed by atoms with Crippen molar-refractivity contribution in [3.05, 3.63) is 197 Å². The van der Waals surface area contributed by atoms with Gasteiger partial charge in [0.1, 0.15) is 0 Å². The lowest BCUT2D eigenvalue weighted by atomic mass is 9.70. The molecule has 0 heterocycles. The SMILES string of the molecule is C.CC1(C)c2ccccc2-c2cccc(N(c3ccccc3)c3cccc4c3-c3ccccc3C43c4ccccc4-c4ccccc43)c21. The molecule has 0 saturated heterocycles. The summed E-state index contributed by atoms with van der Waals surface area (Å²) >= 11 is 0. The van der Waals surface area contributed by atoms with E-state index in [-0.39, 0.29) is 18.3 Å². The van der Waals surface area contributed by atoms with Gasteiger partial charge in [-0.25, -0.2) is 0 Å². The predicted molar refractivity (Wildman–Crippen MR) is 202 cm³/mol. The maximum absolute atomic E-state index is 2.54. The van der Waals surface area contributed by atoms with Gasteiger partial charge in [0, 0.05) is 16.7 Å². The molecule has 0 saturated carbocycles. The first-order chi connectivity index (χ1) is 23.1. The van der Waals surface area contributed by atoms with Crippen molar-refractivity contribution in [2.45, 2.75) is 32.1 Å². The van der Waals surface area contributed by atoms with Gasteiger partial charge in [0.25, 0.3) is 0 Å². The molecule has 1 spiro atoms. The van der Waals surface area contributed by atoms with E-state index in [1.165, 1.54) is 78.1 Å². The lowest BCUT2D eigenvalue weighted by Gasteiger charge is -2.34. The topological polar surface area (TPSA) is 3.24 Å². The van der Waals surface area contributed by atoms with Crippen molar-refractivity contribution in [2.75, 3.05) is 4.90 Å². The van der Waals surface area contributed by atoms with Crippen molar-refractivity contribution in [3.8, 4) is 33.4 Å².